The number of ether oxygens (including phenoxy) is 1. The number of benzene rings is 2. The van der Waals surface area contributed by atoms with E-state index in [4.69, 9.17) is 4.74 Å². The molecule has 3 rings (SSSR count). The maximum absolute atomic E-state index is 11.9. The molecule has 30 heavy (non-hydrogen) atoms. The average molecular weight is 406 g/mol. The van der Waals surface area contributed by atoms with Crippen molar-refractivity contribution < 1.29 is 14.6 Å². The molecule has 0 bridgehead atoms. The molecule has 4 N–H and O–H groups in total. The largest absolute Gasteiger partial charge is 0.450 e. The molecule has 0 saturated carbocycles. The van der Waals surface area contributed by atoms with Crippen LogP contribution in [0.25, 0.3) is 0 Å². The van der Waals surface area contributed by atoms with Crippen LogP contribution < -0.4 is 16.0 Å². The van der Waals surface area contributed by atoms with Crippen molar-refractivity contribution >= 4 is 29.1 Å². The third-order valence-corrected chi connectivity index (χ3v) is 4.43. The number of aliphatic hydroxyl groups is 1. The maximum atomic E-state index is 11.9. The Morgan fingerprint density at radius 2 is 1.70 bits per heavy atom. The molecular weight excluding hydrogens is 380 g/mol. The van der Waals surface area contributed by atoms with Gasteiger partial charge in [-0.1, -0.05) is 48.5 Å². The van der Waals surface area contributed by atoms with Crippen LogP contribution in [0.5, 0.6) is 0 Å². The molecule has 7 nitrogen and oxygen atoms in total. The zero-order valence-corrected chi connectivity index (χ0v) is 17.0. The molecule has 0 spiro atoms. The summed E-state index contributed by atoms with van der Waals surface area (Å²) in [5, 5.41) is 19.7. The first kappa shape index (κ1) is 21.1. The summed E-state index contributed by atoms with van der Waals surface area (Å²) >= 11 is 0. The van der Waals surface area contributed by atoms with Crippen molar-refractivity contribution in [2.24, 2.45) is 0 Å². The van der Waals surface area contributed by atoms with Crippen molar-refractivity contribution in [2.45, 2.75) is 26.0 Å². The third-order valence-electron chi connectivity index (χ3n) is 4.43. The Morgan fingerprint density at radius 1 is 1.03 bits per heavy atom. The summed E-state index contributed by atoms with van der Waals surface area (Å²) in [7, 11) is 0. The van der Waals surface area contributed by atoms with Crippen molar-refractivity contribution in [1.82, 2.24) is 4.98 Å². The van der Waals surface area contributed by atoms with Gasteiger partial charge in [0.15, 0.2) is 5.82 Å². The quantitative estimate of drug-likeness (QED) is 0.424. The van der Waals surface area contributed by atoms with E-state index in [1.165, 1.54) is 0 Å². The second-order valence-corrected chi connectivity index (χ2v) is 6.72. The molecule has 1 aromatic heterocycles. The molecule has 0 aliphatic rings. The number of nitrogens with zero attached hydrogens (tertiary/aromatic N) is 1. The fraction of sp³-hybridized carbons (Fsp3) is 0.217. The molecule has 0 fully saturated rings. The Kier molecular flexibility index (Phi) is 7.24. The number of aliphatic hydroxyl groups excluding tert-OH is 1. The SMILES string of the molecule is CCOC(=O)Nc1ccc(NC(C)C(O)c2ccccc2)nc1Nc1ccccc1. The number of amides is 1. The van der Waals surface area contributed by atoms with Crippen LogP contribution in [0.4, 0.5) is 27.8 Å². The van der Waals surface area contributed by atoms with Gasteiger partial charge in [0.1, 0.15) is 5.82 Å². The normalized spacial score (nSPS) is 12.5. The van der Waals surface area contributed by atoms with Gasteiger partial charge in [-0.05, 0) is 43.7 Å². The van der Waals surface area contributed by atoms with Gasteiger partial charge in [-0.2, -0.15) is 0 Å². The number of carbonyl (C=O) groups is 1. The van der Waals surface area contributed by atoms with Crippen LogP contribution in [0, 0.1) is 0 Å². The Balaban J connectivity index is 1.81. The van der Waals surface area contributed by atoms with E-state index in [2.05, 4.69) is 20.9 Å². The van der Waals surface area contributed by atoms with Crippen LogP contribution in [0.2, 0.25) is 0 Å². The van der Waals surface area contributed by atoms with Gasteiger partial charge in [-0.3, -0.25) is 5.32 Å². The lowest BCUT2D eigenvalue weighted by Crippen LogP contribution is -2.24. The van der Waals surface area contributed by atoms with E-state index >= 15 is 0 Å². The molecule has 0 radical (unpaired) electrons. The minimum absolute atomic E-state index is 0.273. The van der Waals surface area contributed by atoms with Crippen molar-refractivity contribution in [3.63, 3.8) is 0 Å². The summed E-state index contributed by atoms with van der Waals surface area (Å²) < 4.78 is 4.97. The van der Waals surface area contributed by atoms with Gasteiger partial charge in [-0.15, -0.1) is 0 Å². The smallest absolute Gasteiger partial charge is 0.411 e. The molecule has 0 aliphatic heterocycles. The third kappa shape index (κ3) is 5.71. The highest BCUT2D eigenvalue weighted by atomic mass is 16.5. The molecule has 2 atom stereocenters. The molecule has 7 heteroatoms. The second kappa shape index (κ2) is 10.3. The van der Waals surface area contributed by atoms with E-state index < -0.39 is 12.2 Å². The highest BCUT2D eigenvalue weighted by Gasteiger charge is 2.17. The number of aromatic nitrogens is 1. The summed E-state index contributed by atoms with van der Waals surface area (Å²) in [5.41, 5.74) is 2.13. The highest BCUT2D eigenvalue weighted by Crippen LogP contribution is 2.27. The van der Waals surface area contributed by atoms with Crippen LogP contribution in [-0.4, -0.2) is 28.8 Å². The molecule has 0 saturated heterocycles. The fourth-order valence-electron chi connectivity index (χ4n) is 2.92. The standard InChI is InChI=1S/C23H26N4O3/c1-3-30-23(29)26-19-14-15-20(27-22(19)25-18-12-8-5-9-13-18)24-16(2)21(28)17-10-6-4-7-11-17/h4-16,21,28H,3H2,1-2H3,(H,26,29)(H2,24,25,27). The first-order chi connectivity index (χ1) is 14.6. The predicted molar refractivity (Wildman–Crippen MR) is 119 cm³/mol. The summed E-state index contributed by atoms with van der Waals surface area (Å²) in [6.07, 6.45) is -1.25. The molecule has 1 heterocycles. The van der Waals surface area contributed by atoms with E-state index in [9.17, 15) is 9.90 Å². The van der Waals surface area contributed by atoms with E-state index in [0.717, 1.165) is 11.3 Å². The Hall–Kier alpha value is -3.58. The van der Waals surface area contributed by atoms with E-state index in [1.807, 2.05) is 67.6 Å². The lowest BCUT2D eigenvalue weighted by atomic mass is 10.0. The van der Waals surface area contributed by atoms with Crippen molar-refractivity contribution in [3.8, 4) is 0 Å². The topological polar surface area (TPSA) is 95.5 Å². The average Bonchev–Trinajstić information content (AvgIpc) is 2.76. The Bertz CT molecular complexity index is 951. The van der Waals surface area contributed by atoms with Crippen LogP contribution >= 0.6 is 0 Å². The number of rotatable bonds is 8. The Labute approximate surface area is 176 Å². The minimum Gasteiger partial charge on any atom is -0.450 e. The number of para-hydroxylation sites is 1. The van der Waals surface area contributed by atoms with Gasteiger partial charge in [0, 0.05) is 5.69 Å². The zero-order chi connectivity index (χ0) is 21.3. The van der Waals surface area contributed by atoms with Gasteiger partial charge in [0.2, 0.25) is 0 Å². The van der Waals surface area contributed by atoms with Crippen molar-refractivity contribution in [1.29, 1.82) is 0 Å². The van der Waals surface area contributed by atoms with Crippen LogP contribution in [0.15, 0.2) is 72.8 Å². The predicted octanol–water partition coefficient (Wildman–Crippen LogP) is 4.93. The van der Waals surface area contributed by atoms with Crippen LogP contribution in [0.3, 0.4) is 0 Å². The fourth-order valence-corrected chi connectivity index (χ4v) is 2.92. The highest BCUT2D eigenvalue weighted by molar-refractivity contribution is 5.89. The Morgan fingerprint density at radius 3 is 2.37 bits per heavy atom. The molecular formula is C23H26N4O3. The summed E-state index contributed by atoms with van der Waals surface area (Å²) in [6, 6.07) is 22.2. The first-order valence-corrected chi connectivity index (χ1v) is 9.83. The van der Waals surface area contributed by atoms with Crippen LogP contribution in [0.1, 0.15) is 25.5 Å². The van der Waals surface area contributed by atoms with Gasteiger partial charge >= 0.3 is 6.09 Å². The first-order valence-electron chi connectivity index (χ1n) is 9.83. The number of nitrogens with one attached hydrogen (secondary N) is 3. The summed E-state index contributed by atoms with van der Waals surface area (Å²) in [6.45, 7) is 3.90. The number of hydrogen-bond donors (Lipinski definition) is 4. The maximum Gasteiger partial charge on any atom is 0.411 e. The van der Waals surface area contributed by atoms with Gasteiger partial charge in [-0.25, -0.2) is 9.78 Å². The van der Waals surface area contributed by atoms with Gasteiger partial charge in [0.25, 0.3) is 0 Å². The molecule has 0 aliphatic carbocycles. The lowest BCUT2D eigenvalue weighted by Gasteiger charge is -2.22. The number of anilines is 4. The number of carbonyl (C=O) groups excluding carboxylic acids is 1. The molecule has 2 unspecified atom stereocenters. The van der Waals surface area contributed by atoms with Gasteiger partial charge < -0.3 is 20.5 Å². The van der Waals surface area contributed by atoms with Gasteiger partial charge in [0.05, 0.1) is 24.4 Å². The molecule has 2 aromatic carbocycles. The molecule has 1 amide bonds. The monoisotopic (exact) mass is 406 g/mol. The van der Waals surface area contributed by atoms with Crippen molar-refractivity contribution in [3.05, 3.63) is 78.4 Å². The van der Waals surface area contributed by atoms with Crippen molar-refractivity contribution in [2.75, 3.05) is 22.6 Å². The van der Waals surface area contributed by atoms with E-state index in [0.29, 0.717) is 17.3 Å². The summed E-state index contributed by atoms with van der Waals surface area (Å²) in [4.78, 5) is 16.5. The van der Waals surface area contributed by atoms with E-state index in [1.54, 1.807) is 19.1 Å². The summed E-state index contributed by atoms with van der Waals surface area (Å²) in [5.74, 6) is 1.02. The van der Waals surface area contributed by atoms with E-state index in [-0.39, 0.29) is 12.6 Å². The molecule has 3 aromatic rings. The lowest BCUT2D eigenvalue weighted by molar-refractivity contribution is 0.160. The number of hydrogen-bond acceptors (Lipinski definition) is 6. The van der Waals surface area contributed by atoms with Crippen LogP contribution in [-0.2, 0) is 4.74 Å². The molecule has 156 valence electrons. The second-order valence-electron chi connectivity index (χ2n) is 6.72. The zero-order valence-electron chi connectivity index (χ0n) is 17.0. The minimum atomic E-state index is -0.698. The number of pyridine rings is 1.